The summed E-state index contributed by atoms with van der Waals surface area (Å²) in [6.07, 6.45) is 0. The zero-order valence-electron chi connectivity index (χ0n) is 20.4. The fraction of sp³-hybridized carbons (Fsp3) is 0.118. The average Bonchev–Trinajstić information content (AvgIpc) is 2.90. The highest BCUT2D eigenvalue weighted by Crippen LogP contribution is 2.32. The van der Waals surface area contributed by atoms with Gasteiger partial charge in [0.1, 0.15) is 0 Å². The lowest BCUT2D eigenvalue weighted by atomic mass is 9.90. The van der Waals surface area contributed by atoms with E-state index >= 15 is 0 Å². The van der Waals surface area contributed by atoms with E-state index in [1.165, 1.54) is 66.8 Å². The maximum atomic E-state index is 2.32. The lowest BCUT2D eigenvalue weighted by Crippen LogP contribution is -1.94. The van der Waals surface area contributed by atoms with Crippen LogP contribution < -0.4 is 0 Å². The molecule has 0 spiro atoms. The molecule has 5 aromatic carbocycles. The van der Waals surface area contributed by atoms with Gasteiger partial charge in [-0.15, -0.1) is 0 Å². The molecule has 0 saturated carbocycles. The second-order valence-electron chi connectivity index (χ2n) is 9.21. The molecule has 0 heterocycles. The van der Waals surface area contributed by atoms with Gasteiger partial charge in [0.05, 0.1) is 0 Å². The average molecular weight is 439 g/mol. The van der Waals surface area contributed by atoms with Gasteiger partial charge in [-0.25, -0.2) is 0 Å². The predicted octanol–water partition coefficient (Wildman–Crippen LogP) is 9.59. The van der Waals surface area contributed by atoms with Gasteiger partial charge in [-0.3, -0.25) is 0 Å². The molecular weight excluding hydrogens is 408 g/mol. The van der Waals surface area contributed by atoms with Gasteiger partial charge in [0.15, 0.2) is 0 Å². The smallest absolute Gasteiger partial charge is 0.0149 e. The number of aryl methyl sites for hydroxylation is 1. The lowest BCUT2D eigenvalue weighted by Gasteiger charge is -2.15. The molecule has 0 amide bonds. The summed E-state index contributed by atoms with van der Waals surface area (Å²) in [5.74, 6) is 0. The summed E-state index contributed by atoms with van der Waals surface area (Å²) in [5.41, 5.74) is 15.6. The van der Waals surface area contributed by atoms with Crippen LogP contribution in [0.25, 0.3) is 44.5 Å². The Bertz CT molecular complexity index is 1420. The quantitative estimate of drug-likeness (QED) is 0.262. The molecule has 0 aliphatic carbocycles. The van der Waals surface area contributed by atoms with Crippen molar-refractivity contribution >= 4 is 0 Å². The first-order valence-electron chi connectivity index (χ1n) is 12.0. The summed E-state index contributed by atoms with van der Waals surface area (Å²) in [4.78, 5) is 0. The standard InChI is InChI=1S/C34H30/c1-23-22-34(26(4)25(3)24(23)2)33-20-18-32(19-21-33)31-16-14-30(15-17-31)29-12-10-28(11-13-29)27-8-6-5-7-9-27/h5-22H,1-4H3. The van der Waals surface area contributed by atoms with E-state index in [-0.39, 0.29) is 0 Å². The van der Waals surface area contributed by atoms with Crippen LogP contribution in [0.4, 0.5) is 0 Å². The maximum absolute atomic E-state index is 2.32. The SMILES string of the molecule is Cc1cc(-c2ccc(-c3ccc(-c4ccc(-c5ccccc5)cc4)cc3)cc2)c(C)c(C)c1C. The van der Waals surface area contributed by atoms with Crippen molar-refractivity contribution in [1.29, 1.82) is 0 Å². The first-order valence-corrected chi connectivity index (χ1v) is 12.0. The van der Waals surface area contributed by atoms with Crippen molar-refractivity contribution in [3.8, 4) is 44.5 Å². The fourth-order valence-electron chi connectivity index (χ4n) is 4.69. The maximum Gasteiger partial charge on any atom is -0.0149 e. The second kappa shape index (κ2) is 9.15. The molecule has 0 fully saturated rings. The molecule has 0 unspecified atom stereocenters. The molecule has 166 valence electrons. The van der Waals surface area contributed by atoms with Crippen molar-refractivity contribution in [1.82, 2.24) is 0 Å². The Morgan fingerprint density at radius 1 is 0.324 bits per heavy atom. The van der Waals surface area contributed by atoms with Crippen LogP contribution in [-0.2, 0) is 0 Å². The number of hydrogen-bond donors (Lipinski definition) is 0. The van der Waals surface area contributed by atoms with E-state index in [9.17, 15) is 0 Å². The van der Waals surface area contributed by atoms with Crippen molar-refractivity contribution in [2.75, 3.05) is 0 Å². The van der Waals surface area contributed by atoms with Gasteiger partial charge < -0.3 is 0 Å². The van der Waals surface area contributed by atoms with Crippen LogP contribution in [0.15, 0.2) is 109 Å². The largest absolute Gasteiger partial charge is 0.0622 e. The van der Waals surface area contributed by atoms with E-state index in [2.05, 4.69) is 137 Å². The Labute approximate surface area is 203 Å². The Hall–Kier alpha value is -3.90. The molecule has 0 aliphatic heterocycles. The molecule has 5 rings (SSSR count). The van der Waals surface area contributed by atoms with Crippen molar-refractivity contribution < 1.29 is 0 Å². The third-order valence-electron chi connectivity index (χ3n) is 7.22. The topological polar surface area (TPSA) is 0 Å². The van der Waals surface area contributed by atoms with Crippen LogP contribution in [0.5, 0.6) is 0 Å². The summed E-state index contributed by atoms with van der Waals surface area (Å²) in [7, 11) is 0. The molecule has 0 radical (unpaired) electrons. The van der Waals surface area contributed by atoms with Gasteiger partial charge in [-0.2, -0.15) is 0 Å². The molecule has 5 aromatic rings. The van der Waals surface area contributed by atoms with Gasteiger partial charge in [-0.1, -0.05) is 109 Å². The summed E-state index contributed by atoms with van der Waals surface area (Å²) in [6, 6.07) is 39.5. The van der Waals surface area contributed by atoms with Gasteiger partial charge in [0.25, 0.3) is 0 Å². The highest BCUT2D eigenvalue weighted by atomic mass is 14.1. The van der Waals surface area contributed by atoms with E-state index in [1.54, 1.807) is 0 Å². The molecule has 0 aromatic heterocycles. The fourth-order valence-corrected chi connectivity index (χ4v) is 4.69. The first-order chi connectivity index (χ1) is 16.5. The van der Waals surface area contributed by atoms with Gasteiger partial charge in [0, 0.05) is 0 Å². The van der Waals surface area contributed by atoms with Crippen LogP contribution in [0.2, 0.25) is 0 Å². The Morgan fingerprint density at radius 3 is 1.09 bits per heavy atom. The minimum Gasteiger partial charge on any atom is -0.0622 e. The second-order valence-corrected chi connectivity index (χ2v) is 9.21. The molecule has 0 saturated heterocycles. The highest BCUT2D eigenvalue weighted by molar-refractivity contribution is 5.76. The van der Waals surface area contributed by atoms with Crippen LogP contribution >= 0.6 is 0 Å². The molecule has 0 nitrogen and oxygen atoms in total. The number of rotatable bonds is 4. The number of benzene rings is 5. The third-order valence-corrected chi connectivity index (χ3v) is 7.22. The van der Waals surface area contributed by atoms with Crippen LogP contribution in [0.1, 0.15) is 22.3 Å². The van der Waals surface area contributed by atoms with Crippen molar-refractivity contribution in [3.63, 3.8) is 0 Å². The van der Waals surface area contributed by atoms with Crippen LogP contribution in [0.3, 0.4) is 0 Å². The van der Waals surface area contributed by atoms with E-state index in [4.69, 9.17) is 0 Å². The molecule has 0 N–H and O–H groups in total. The Balaban J connectivity index is 1.37. The van der Waals surface area contributed by atoms with E-state index in [1.807, 2.05) is 0 Å². The molecule has 0 bridgehead atoms. The first kappa shape index (κ1) is 21.9. The normalized spacial score (nSPS) is 10.9. The molecule has 0 aliphatic rings. The monoisotopic (exact) mass is 438 g/mol. The number of hydrogen-bond acceptors (Lipinski definition) is 0. The minimum absolute atomic E-state index is 1.24. The van der Waals surface area contributed by atoms with E-state index in [0.717, 1.165) is 0 Å². The van der Waals surface area contributed by atoms with Crippen molar-refractivity contribution in [2.45, 2.75) is 27.7 Å². The zero-order chi connectivity index (χ0) is 23.7. The van der Waals surface area contributed by atoms with Crippen molar-refractivity contribution in [3.05, 3.63) is 131 Å². The van der Waals surface area contributed by atoms with Crippen LogP contribution in [-0.4, -0.2) is 0 Å². The highest BCUT2D eigenvalue weighted by Gasteiger charge is 2.09. The minimum atomic E-state index is 1.24. The molecular formula is C34H30. The Morgan fingerprint density at radius 2 is 0.676 bits per heavy atom. The van der Waals surface area contributed by atoms with E-state index in [0.29, 0.717) is 0 Å². The van der Waals surface area contributed by atoms with Gasteiger partial charge in [-0.05, 0) is 94.5 Å². The lowest BCUT2D eigenvalue weighted by molar-refractivity contribution is 1.22. The summed E-state index contributed by atoms with van der Waals surface area (Å²) in [5, 5.41) is 0. The van der Waals surface area contributed by atoms with Gasteiger partial charge >= 0.3 is 0 Å². The zero-order valence-corrected chi connectivity index (χ0v) is 20.4. The summed E-state index contributed by atoms with van der Waals surface area (Å²) >= 11 is 0. The Kier molecular flexibility index (Phi) is 5.90. The molecule has 0 atom stereocenters. The van der Waals surface area contributed by atoms with Crippen LogP contribution in [0, 0.1) is 27.7 Å². The van der Waals surface area contributed by atoms with E-state index < -0.39 is 0 Å². The summed E-state index contributed by atoms with van der Waals surface area (Å²) < 4.78 is 0. The van der Waals surface area contributed by atoms with Gasteiger partial charge in [0.2, 0.25) is 0 Å². The molecule has 34 heavy (non-hydrogen) atoms. The summed E-state index contributed by atoms with van der Waals surface area (Å²) in [6.45, 7) is 8.88. The molecule has 0 heteroatoms. The third kappa shape index (κ3) is 4.20. The predicted molar refractivity (Wildman–Crippen MR) is 147 cm³/mol. The van der Waals surface area contributed by atoms with Crippen molar-refractivity contribution in [2.24, 2.45) is 0 Å².